The maximum atomic E-state index is 12.0. The number of aryl methyl sites for hydroxylation is 2. The highest BCUT2D eigenvalue weighted by Gasteiger charge is 2.10. The van der Waals surface area contributed by atoms with Gasteiger partial charge in [0.15, 0.2) is 0 Å². The molecule has 5 heteroatoms. The fourth-order valence-corrected chi connectivity index (χ4v) is 2.06. The zero-order chi connectivity index (χ0) is 15.4. The van der Waals surface area contributed by atoms with E-state index in [9.17, 15) is 4.79 Å². The number of nitrogens with zero attached hydrogens (tertiary/aromatic N) is 1. The highest BCUT2D eigenvalue weighted by Crippen LogP contribution is 2.16. The summed E-state index contributed by atoms with van der Waals surface area (Å²) in [5, 5.41) is 10.1. The molecule has 0 radical (unpaired) electrons. The lowest BCUT2D eigenvalue weighted by molar-refractivity contribution is 0.0943. The molecule has 0 aliphatic heterocycles. The Bertz CT molecular complexity index is 613. The zero-order valence-corrected chi connectivity index (χ0v) is 12.9. The fourth-order valence-electron chi connectivity index (χ4n) is 2.06. The number of nitrogens with one attached hydrogen (secondary N) is 2. The molecule has 0 aliphatic carbocycles. The molecule has 1 heterocycles. The first-order valence-corrected chi connectivity index (χ1v) is 7.04. The predicted octanol–water partition coefficient (Wildman–Crippen LogP) is 3.04. The normalized spacial score (nSPS) is 10.7. The first kappa shape index (κ1) is 15.1. The quantitative estimate of drug-likeness (QED) is 0.887. The van der Waals surface area contributed by atoms with Crippen molar-refractivity contribution in [3.63, 3.8) is 0 Å². The van der Waals surface area contributed by atoms with E-state index in [1.54, 1.807) is 6.07 Å². The molecule has 0 aliphatic rings. The lowest BCUT2D eigenvalue weighted by atomic mass is 10.1. The Balaban J connectivity index is 2.06. The Kier molecular flexibility index (Phi) is 4.62. The number of hydrogen-bond acceptors (Lipinski definition) is 4. The van der Waals surface area contributed by atoms with Crippen LogP contribution in [-0.4, -0.2) is 17.1 Å². The SMILES string of the molecule is Cc1noc(C)c1CNc1cccc(C(=O)NC(C)C)c1. The van der Waals surface area contributed by atoms with Gasteiger partial charge in [-0.1, -0.05) is 11.2 Å². The van der Waals surface area contributed by atoms with Crippen molar-refractivity contribution >= 4 is 11.6 Å². The van der Waals surface area contributed by atoms with Crippen LogP contribution in [0.5, 0.6) is 0 Å². The minimum atomic E-state index is -0.0639. The summed E-state index contributed by atoms with van der Waals surface area (Å²) in [6.07, 6.45) is 0. The third-order valence-corrected chi connectivity index (χ3v) is 3.20. The minimum absolute atomic E-state index is 0.0639. The van der Waals surface area contributed by atoms with Crippen molar-refractivity contribution in [2.45, 2.75) is 40.3 Å². The molecule has 0 saturated carbocycles. The second-order valence-corrected chi connectivity index (χ2v) is 5.37. The van der Waals surface area contributed by atoms with Gasteiger partial charge >= 0.3 is 0 Å². The Morgan fingerprint density at radius 1 is 1.33 bits per heavy atom. The van der Waals surface area contributed by atoms with Crippen molar-refractivity contribution in [2.24, 2.45) is 0 Å². The molecule has 2 aromatic rings. The average molecular weight is 287 g/mol. The molecule has 0 saturated heterocycles. The van der Waals surface area contributed by atoms with Crippen LogP contribution in [0.4, 0.5) is 5.69 Å². The second-order valence-electron chi connectivity index (χ2n) is 5.37. The van der Waals surface area contributed by atoms with Crippen LogP contribution in [0, 0.1) is 13.8 Å². The molecule has 1 aromatic carbocycles. The van der Waals surface area contributed by atoms with Gasteiger partial charge in [-0.15, -0.1) is 0 Å². The van der Waals surface area contributed by atoms with E-state index < -0.39 is 0 Å². The molecular formula is C16H21N3O2. The van der Waals surface area contributed by atoms with Gasteiger partial charge in [0.05, 0.1) is 5.69 Å². The maximum absolute atomic E-state index is 12.0. The first-order chi connectivity index (χ1) is 9.97. The standard InChI is InChI=1S/C16H21N3O2/c1-10(2)18-16(20)13-6-5-7-14(8-13)17-9-15-11(3)19-21-12(15)4/h5-8,10,17H,9H2,1-4H3,(H,18,20). The third-order valence-electron chi connectivity index (χ3n) is 3.20. The topological polar surface area (TPSA) is 67.2 Å². The van der Waals surface area contributed by atoms with E-state index in [1.807, 2.05) is 45.9 Å². The summed E-state index contributed by atoms with van der Waals surface area (Å²) in [6.45, 7) is 8.31. The van der Waals surface area contributed by atoms with Crippen molar-refractivity contribution in [1.29, 1.82) is 0 Å². The monoisotopic (exact) mass is 287 g/mol. The highest BCUT2D eigenvalue weighted by molar-refractivity contribution is 5.95. The Morgan fingerprint density at radius 2 is 2.10 bits per heavy atom. The first-order valence-electron chi connectivity index (χ1n) is 7.04. The molecular weight excluding hydrogens is 266 g/mol. The molecule has 2 N–H and O–H groups in total. The molecule has 1 amide bonds. The molecule has 2 rings (SSSR count). The number of anilines is 1. The van der Waals surface area contributed by atoms with E-state index in [4.69, 9.17) is 4.52 Å². The Labute approximate surface area is 124 Å². The van der Waals surface area contributed by atoms with Crippen LogP contribution in [0.25, 0.3) is 0 Å². The van der Waals surface area contributed by atoms with Gasteiger partial charge in [0.2, 0.25) is 0 Å². The second kappa shape index (κ2) is 6.43. The average Bonchev–Trinajstić information content (AvgIpc) is 2.75. The zero-order valence-electron chi connectivity index (χ0n) is 12.9. The van der Waals surface area contributed by atoms with Gasteiger partial charge in [-0.05, 0) is 45.9 Å². The van der Waals surface area contributed by atoms with E-state index in [-0.39, 0.29) is 11.9 Å². The smallest absolute Gasteiger partial charge is 0.251 e. The van der Waals surface area contributed by atoms with Crippen molar-refractivity contribution in [3.8, 4) is 0 Å². The largest absolute Gasteiger partial charge is 0.381 e. The fraction of sp³-hybridized carbons (Fsp3) is 0.375. The molecule has 0 atom stereocenters. The summed E-state index contributed by atoms with van der Waals surface area (Å²) in [4.78, 5) is 12.0. The van der Waals surface area contributed by atoms with Crippen molar-refractivity contribution in [2.75, 3.05) is 5.32 Å². The number of carbonyl (C=O) groups is 1. The van der Waals surface area contributed by atoms with Gasteiger partial charge in [-0.3, -0.25) is 4.79 Å². The minimum Gasteiger partial charge on any atom is -0.381 e. The molecule has 112 valence electrons. The van der Waals surface area contributed by atoms with E-state index in [0.717, 1.165) is 22.7 Å². The number of amides is 1. The summed E-state index contributed by atoms with van der Waals surface area (Å²) in [5.41, 5.74) is 3.47. The van der Waals surface area contributed by atoms with E-state index in [2.05, 4.69) is 15.8 Å². The molecule has 21 heavy (non-hydrogen) atoms. The summed E-state index contributed by atoms with van der Waals surface area (Å²) in [7, 11) is 0. The number of carbonyl (C=O) groups excluding carboxylic acids is 1. The van der Waals surface area contributed by atoms with Gasteiger partial charge < -0.3 is 15.2 Å². The highest BCUT2D eigenvalue weighted by atomic mass is 16.5. The molecule has 0 fully saturated rings. The molecule has 0 bridgehead atoms. The van der Waals surface area contributed by atoms with Crippen LogP contribution >= 0.6 is 0 Å². The van der Waals surface area contributed by atoms with Crippen LogP contribution in [0.2, 0.25) is 0 Å². The van der Waals surface area contributed by atoms with Crippen LogP contribution in [0.1, 0.15) is 41.2 Å². The van der Waals surface area contributed by atoms with E-state index >= 15 is 0 Å². The number of aromatic nitrogens is 1. The molecule has 1 aromatic heterocycles. The van der Waals surface area contributed by atoms with Crippen LogP contribution < -0.4 is 10.6 Å². The van der Waals surface area contributed by atoms with Crippen LogP contribution in [0.3, 0.4) is 0 Å². The molecule has 0 unspecified atom stereocenters. The van der Waals surface area contributed by atoms with Crippen LogP contribution in [-0.2, 0) is 6.54 Å². The Hall–Kier alpha value is -2.30. The molecule has 0 spiro atoms. The number of hydrogen-bond donors (Lipinski definition) is 2. The Morgan fingerprint density at radius 3 is 2.71 bits per heavy atom. The van der Waals surface area contributed by atoms with E-state index in [0.29, 0.717) is 12.1 Å². The van der Waals surface area contributed by atoms with Crippen molar-refractivity contribution < 1.29 is 9.32 Å². The number of benzene rings is 1. The van der Waals surface area contributed by atoms with Crippen molar-refractivity contribution in [1.82, 2.24) is 10.5 Å². The van der Waals surface area contributed by atoms with Gasteiger partial charge in [0, 0.05) is 29.4 Å². The van der Waals surface area contributed by atoms with Gasteiger partial charge in [0.25, 0.3) is 5.91 Å². The van der Waals surface area contributed by atoms with E-state index in [1.165, 1.54) is 0 Å². The van der Waals surface area contributed by atoms with Gasteiger partial charge in [-0.2, -0.15) is 0 Å². The van der Waals surface area contributed by atoms with Crippen LogP contribution in [0.15, 0.2) is 28.8 Å². The summed E-state index contributed by atoms with van der Waals surface area (Å²) >= 11 is 0. The predicted molar refractivity (Wildman–Crippen MR) is 82.3 cm³/mol. The summed E-state index contributed by atoms with van der Waals surface area (Å²) < 4.78 is 5.14. The lowest BCUT2D eigenvalue weighted by Crippen LogP contribution is -2.30. The maximum Gasteiger partial charge on any atom is 0.251 e. The number of rotatable bonds is 5. The van der Waals surface area contributed by atoms with Gasteiger partial charge in [-0.25, -0.2) is 0 Å². The summed E-state index contributed by atoms with van der Waals surface area (Å²) in [6, 6.07) is 7.57. The summed E-state index contributed by atoms with van der Waals surface area (Å²) in [5.74, 6) is 0.750. The van der Waals surface area contributed by atoms with Gasteiger partial charge in [0.1, 0.15) is 5.76 Å². The molecule has 5 nitrogen and oxygen atoms in total. The van der Waals surface area contributed by atoms with Crippen molar-refractivity contribution in [3.05, 3.63) is 46.8 Å². The lowest BCUT2D eigenvalue weighted by Gasteiger charge is -2.10. The third kappa shape index (κ3) is 3.84.